The lowest BCUT2D eigenvalue weighted by molar-refractivity contribution is -0.151. The van der Waals surface area contributed by atoms with Crippen molar-refractivity contribution in [2.45, 2.75) is 66.6 Å². The molecule has 8 nitrogen and oxygen atoms in total. The van der Waals surface area contributed by atoms with E-state index in [0.29, 0.717) is 49.1 Å². The molecule has 0 unspecified atom stereocenters. The largest absolute Gasteiger partial charge is 0.493 e. The number of carbonyl (C=O) groups excluding carboxylic acids is 2. The average Bonchev–Trinajstić information content (AvgIpc) is 2.89. The van der Waals surface area contributed by atoms with E-state index in [1.807, 2.05) is 52.0 Å². The number of benzene rings is 2. The predicted molar refractivity (Wildman–Crippen MR) is 136 cm³/mol. The van der Waals surface area contributed by atoms with Crippen LogP contribution >= 0.6 is 0 Å². The molecule has 0 saturated carbocycles. The maximum atomic E-state index is 12.3. The van der Waals surface area contributed by atoms with Gasteiger partial charge in [-0.1, -0.05) is 26.0 Å². The van der Waals surface area contributed by atoms with E-state index in [4.69, 9.17) is 28.4 Å². The van der Waals surface area contributed by atoms with Crippen molar-refractivity contribution in [1.29, 1.82) is 0 Å². The van der Waals surface area contributed by atoms with Gasteiger partial charge in [-0.25, -0.2) is 0 Å². The van der Waals surface area contributed by atoms with Crippen LogP contribution in [0.4, 0.5) is 0 Å². The summed E-state index contributed by atoms with van der Waals surface area (Å²) in [5.74, 6) is 1.66. The summed E-state index contributed by atoms with van der Waals surface area (Å²) in [6, 6.07) is 7.35. The van der Waals surface area contributed by atoms with E-state index in [-0.39, 0.29) is 26.1 Å². The highest BCUT2D eigenvalue weighted by molar-refractivity contribution is 5.77. The summed E-state index contributed by atoms with van der Waals surface area (Å²) in [5, 5.41) is 0. The molecule has 0 N–H and O–H groups in total. The van der Waals surface area contributed by atoms with Gasteiger partial charge in [0.1, 0.15) is 13.2 Å². The van der Waals surface area contributed by atoms with Gasteiger partial charge in [0.2, 0.25) is 0 Å². The summed E-state index contributed by atoms with van der Waals surface area (Å²) >= 11 is 0. The molecule has 0 fully saturated rings. The van der Waals surface area contributed by atoms with Gasteiger partial charge >= 0.3 is 11.9 Å². The Morgan fingerprint density at radius 1 is 0.639 bits per heavy atom. The summed E-state index contributed by atoms with van der Waals surface area (Å²) < 4.78 is 33.1. The van der Waals surface area contributed by atoms with Crippen LogP contribution in [0.2, 0.25) is 0 Å². The second-order valence-corrected chi connectivity index (χ2v) is 7.86. The minimum absolute atomic E-state index is 0.0678. The molecule has 198 valence electrons. The van der Waals surface area contributed by atoms with Crippen molar-refractivity contribution in [3.05, 3.63) is 46.5 Å². The van der Waals surface area contributed by atoms with Crippen LogP contribution in [0.25, 0.3) is 0 Å². The quantitative estimate of drug-likeness (QED) is 0.307. The number of hydrogen-bond donors (Lipinski definition) is 0. The summed E-state index contributed by atoms with van der Waals surface area (Å²) in [5.41, 5.74) is 3.52. The third-order valence-electron chi connectivity index (χ3n) is 5.67. The molecule has 0 radical (unpaired) electrons. The van der Waals surface area contributed by atoms with Crippen LogP contribution in [0.3, 0.4) is 0 Å². The van der Waals surface area contributed by atoms with Crippen LogP contribution < -0.4 is 18.9 Å². The Hall–Kier alpha value is -3.42. The van der Waals surface area contributed by atoms with Gasteiger partial charge in [0.25, 0.3) is 0 Å². The van der Waals surface area contributed by atoms with Gasteiger partial charge in [0.05, 0.1) is 40.3 Å². The van der Waals surface area contributed by atoms with Gasteiger partial charge in [0.15, 0.2) is 23.0 Å². The smallest absolute Gasteiger partial charge is 0.306 e. The van der Waals surface area contributed by atoms with Crippen molar-refractivity contribution in [3.8, 4) is 23.0 Å². The molecule has 36 heavy (non-hydrogen) atoms. The molecule has 0 heterocycles. The van der Waals surface area contributed by atoms with Crippen LogP contribution in [0.15, 0.2) is 24.3 Å². The van der Waals surface area contributed by atoms with E-state index >= 15 is 0 Å². The molecular weight excluding hydrogens is 464 g/mol. The normalized spacial score (nSPS) is 10.5. The summed E-state index contributed by atoms with van der Waals surface area (Å²) in [4.78, 5) is 24.6. The highest BCUT2D eigenvalue weighted by Crippen LogP contribution is 2.35. The van der Waals surface area contributed by atoms with Crippen LogP contribution in [0, 0.1) is 0 Å². The lowest BCUT2D eigenvalue weighted by Gasteiger charge is -2.17. The van der Waals surface area contributed by atoms with Crippen molar-refractivity contribution in [2.75, 3.05) is 27.4 Å². The van der Waals surface area contributed by atoms with Crippen molar-refractivity contribution >= 4 is 11.9 Å². The molecule has 0 aliphatic rings. The van der Waals surface area contributed by atoms with Crippen molar-refractivity contribution in [1.82, 2.24) is 0 Å². The SMILES string of the molecule is CCOc1ccc(COC(=O)CCC(=O)OCc2ccc(OCC)c(OC)c2CC)c(CC)c1OC. The molecular formula is C28H38O8. The molecule has 2 aromatic rings. The molecule has 8 heteroatoms. The highest BCUT2D eigenvalue weighted by Gasteiger charge is 2.18. The Morgan fingerprint density at radius 2 is 1.03 bits per heavy atom. The first kappa shape index (κ1) is 28.8. The molecule has 0 spiro atoms. The lowest BCUT2D eigenvalue weighted by Crippen LogP contribution is -2.12. The first-order valence-electron chi connectivity index (χ1n) is 12.4. The fourth-order valence-corrected chi connectivity index (χ4v) is 3.99. The summed E-state index contributed by atoms with van der Waals surface area (Å²) in [7, 11) is 3.18. The number of rotatable bonds is 15. The zero-order chi connectivity index (χ0) is 26.5. The number of esters is 2. The third kappa shape index (κ3) is 7.54. The van der Waals surface area contributed by atoms with Gasteiger partial charge < -0.3 is 28.4 Å². The van der Waals surface area contributed by atoms with E-state index in [1.165, 1.54) is 0 Å². The van der Waals surface area contributed by atoms with Crippen LogP contribution in [0.5, 0.6) is 23.0 Å². The Balaban J connectivity index is 1.91. The first-order chi connectivity index (χ1) is 17.4. The van der Waals surface area contributed by atoms with Gasteiger partial charge in [-0.15, -0.1) is 0 Å². The zero-order valence-corrected chi connectivity index (χ0v) is 22.2. The third-order valence-corrected chi connectivity index (χ3v) is 5.67. The zero-order valence-electron chi connectivity index (χ0n) is 22.2. The summed E-state index contributed by atoms with van der Waals surface area (Å²) in [6.45, 7) is 9.04. The fourth-order valence-electron chi connectivity index (χ4n) is 3.99. The van der Waals surface area contributed by atoms with Crippen LogP contribution in [-0.4, -0.2) is 39.4 Å². The van der Waals surface area contributed by atoms with E-state index in [2.05, 4.69) is 0 Å². The number of ether oxygens (including phenoxy) is 6. The van der Waals surface area contributed by atoms with Crippen molar-refractivity contribution < 1.29 is 38.0 Å². The highest BCUT2D eigenvalue weighted by atomic mass is 16.5. The molecule has 2 aromatic carbocycles. The maximum absolute atomic E-state index is 12.3. The van der Waals surface area contributed by atoms with Gasteiger partial charge in [-0.3, -0.25) is 9.59 Å². The van der Waals surface area contributed by atoms with Crippen LogP contribution in [0.1, 0.15) is 62.8 Å². The number of carbonyl (C=O) groups is 2. The predicted octanol–water partition coefficient (Wildman–Crippen LogP) is 5.19. The average molecular weight is 503 g/mol. The van der Waals surface area contributed by atoms with Gasteiger partial charge in [-0.2, -0.15) is 0 Å². The molecule has 0 saturated heterocycles. The Morgan fingerprint density at radius 3 is 1.33 bits per heavy atom. The Kier molecular flexibility index (Phi) is 11.9. The maximum Gasteiger partial charge on any atom is 0.306 e. The molecule has 0 amide bonds. The second-order valence-electron chi connectivity index (χ2n) is 7.86. The van der Waals surface area contributed by atoms with E-state index in [0.717, 1.165) is 22.3 Å². The fraction of sp³-hybridized carbons (Fsp3) is 0.500. The number of hydrogen-bond acceptors (Lipinski definition) is 8. The van der Waals surface area contributed by atoms with Crippen LogP contribution in [-0.2, 0) is 45.1 Å². The Bertz CT molecular complexity index is 934. The van der Waals surface area contributed by atoms with Gasteiger partial charge in [0, 0.05) is 11.1 Å². The number of methoxy groups -OCH3 is 2. The molecule has 0 aliphatic carbocycles. The van der Waals surface area contributed by atoms with Gasteiger partial charge in [-0.05, 0) is 49.9 Å². The molecule has 0 bridgehead atoms. The van der Waals surface area contributed by atoms with Crippen molar-refractivity contribution in [3.63, 3.8) is 0 Å². The van der Waals surface area contributed by atoms with Crippen molar-refractivity contribution in [2.24, 2.45) is 0 Å². The van der Waals surface area contributed by atoms with E-state index < -0.39 is 11.9 Å². The lowest BCUT2D eigenvalue weighted by atomic mass is 10.0. The summed E-state index contributed by atoms with van der Waals surface area (Å²) in [6.07, 6.45) is 1.25. The molecule has 0 atom stereocenters. The molecule has 2 rings (SSSR count). The monoisotopic (exact) mass is 502 g/mol. The topological polar surface area (TPSA) is 89.5 Å². The minimum atomic E-state index is -0.473. The van der Waals surface area contributed by atoms with E-state index in [1.54, 1.807) is 14.2 Å². The Labute approximate surface area is 213 Å². The minimum Gasteiger partial charge on any atom is -0.493 e. The second kappa shape index (κ2) is 14.9. The molecule has 0 aromatic heterocycles. The van der Waals surface area contributed by atoms with E-state index in [9.17, 15) is 9.59 Å². The standard InChI is InChI=1S/C28H38O8/c1-7-21-19(11-13-23(33-9-3)27(21)31-5)17-35-25(29)15-16-26(30)36-18-20-12-14-24(34-10-4)28(32-6)22(20)8-2/h11-14H,7-10,15-18H2,1-6H3. The molecule has 0 aliphatic heterocycles. The first-order valence-corrected chi connectivity index (χ1v) is 12.4.